The van der Waals surface area contributed by atoms with Crippen molar-refractivity contribution < 1.29 is 19.1 Å². The van der Waals surface area contributed by atoms with E-state index in [1.54, 1.807) is 26.0 Å². The maximum atomic E-state index is 12.4. The summed E-state index contributed by atoms with van der Waals surface area (Å²) in [6.45, 7) is 3.64. The number of esters is 1. The van der Waals surface area contributed by atoms with E-state index in [0.29, 0.717) is 18.0 Å². The fourth-order valence-electron chi connectivity index (χ4n) is 2.78. The van der Waals surface area contributed by atoms with Crippen LogP contribution in [0.25, 0.3) is 0 Å². The smallest absolute Gasteiger partial charge is 0.329 e. The first kappa shape index (κ1) is 23.4. The number of amides is 2. The highest BCUT2D eigenvalue weighted by Gasteiger charge is 2.26. The van der Waals surface area contributed by atoms with Crippen molar-refractivity contribution in [3.05, 3.63) is 70.7 Å². The molecule has 6 nitrogen and oxygen atoms in total. The summed E-state index contributed by atoms with van der Waals surface area (Å²) in [6, 6.07) is 15.8. The molecule has 1 atom stereocenters. The van der Waals surface area contributed by atoms with Gasteiger partial charge >= 0.3 is 5.97 Å². The summed E-state index contributed by atoms with van der Waals surface area (Å²) in [5.41, 5.74) is 1.89. The predicted molar refractivity (Wildman–Crippen MR) is 116 cm³/mol. The van der Waals surface area contributed by atoms with E-state index in [4.69, 9.17) is 16.3 Å². The lowest BCUT2D eigenvalue weighted by atomic mass is 10.0. The van der Waals surface area contributed by atoms with Gasteiger partial charge in [-0.1, -0.05) is 67.9 Å². The summed E-state index contributed by atoms with van der Waals surface area (Å²) < 4.78 is 5.11. The van der Waals surface area contributed by atoms with Crippen LogP contribution in [0.15, 0.2) is 54.6 Å². The number of carbonyl (C=O) groups is 3. The molecule has 0 aliphatic heterocycles. The van der Waals surface area contributed by atoms with E-state index >= 15 is 0 Å². The van der Waals surface area contributed by atoms with Gasteiger partial charge in [0.25, 0.3) is 5.91 Å². The Balaban J connectivity index is 1.74. The number of ether oxygens (including phenoxy) is 1. The summed E-state index contributed by atoms with van der Waals surface area (Å²) >= 11 is 5.84. The van der Waals surface area contributed by atoms with Crippen LogP contribution in [0.4, 0.5) is 0 Å². The van der Waals surface area contributed by atoms with Crippen LogP contribution in [0.1, 0.15) is 25.0 Å². The Morgan fingerprint density at radius 1 is 0.933 bits per heavy atom. The molecule has 2 aromatic rings. The number of halogens is 1. The first-order valence-electron chi connectivity index (χ1n) is 9.86. The molecule has 0 saturated carbocycles. The number of benzene rings is 2. The van der Waals surface area contributed by atoms with Crippen molar-refractivity contribution in [2.75, 3.05) is 13.2 Å². The van der Waals surface area contributed by atoms with Gasteiger partial charge in [0, 0.05) is 11.6 Å². The average molecular weight is 431 g/mol. The molecule has 0 aromatic heterocycles. The topological polar surface area (TPSA) is 84.5 Å². The molecule has 2 rings (SSSR count). The van der Waals surface area contributed by atoms with Crippen LogP contribution < -0.4 is 10.6 Å². The van der Waals surface area contributed by atoms with Crippen LogP contribution in [0.2, 0.25) is 5.02 Å². The Hall–Kier alpha value is -2.86. The molecule has 0 aliphatic carbocycles. The monoisotopic (exact) mass is 430 g/mol. The standard InChI is InChI=1S/C23H27ClN2O4/c1-16(2)22(26-20(27)14-18-6-4-3-5-7-18)23(29)30-15-21(28)25-13-12-17-8-10-19(24)11-9-17/h3-11,16,22H,12-15H2,1-2H3,(H,25,28)(H,26,27). The highest BCUT2D eigenvalue weighted by atomic mass is 35.5. The van der Waals surface area contributed by atoms with Crippen molar-refractivity contribution in [2.24, 2.45) is 5.92 Å². The SMILES string of the molecule is CC(C)C(NC(=O)Cc1ccccc1)C(=O)OCC(=O)NCCc1ccc(Cl)cc1. The van der Waals surface area contributed by atoms with Crippen molar-refractivity contribution in [3.8, 4) is 0 Å². The molecule has 0 heterocycles. The number of rotatable bonds is 10. The Morgan fingerprint density at radius 3 is 2.23 bits per heavy atom. The third kappa shape index (κ3) is 8.25. The van der Waals surface area contributed by atoms with Gasteiger partial charge in [0.1, 0.15) is 6.04 Å². The molecule has 0 saturated heterocycles. The highest BCUT2D eigenvalue weighted by molar-refractivity contribution is 6.30. The van der Waals surface area contributed by atoms with Gasteiger partial charge in [0.2, 0.25) is 5.91 Å². The number of carbonyl (C=O) groups excluding carboxylic acids is 3. The van der Waals surface area contributed by atoms with Crippen molar-refractivity contribution in [1.29, 1.82) is 0 Å². The van der Waals surface area contributed by atoms with Crippen LogP contribution in [0.3, 0.4) is 0 Å². The summed E-state index contributed by atoms with van der Waals surface area (Å²) in [7, 11) is 0. The fourth-order valence-corrected chi connectivity index (χ4v) is 2.90. The van der Waals surface area contributed by atoms with Gasteiger partial charge in [0.05, 0.1) is 6.42 Å². The van der Waals surface area contributed by atoms with Crippen molar-refractivity contribution >= 4 is 29.4 Å². The van der Waals surface area contributed by atoms with E-state index in [2.05, 4.69) is 10.6 Å². The molecular weight excluding hydrogens is 404 g/mol. The Morgan fingerprint density at radius 2 is 1.60 bits per heavy atom. The minimum Gasteiger partial charge on any atom is -0.454 e. The number of hydrogen-bond donors (Lipinski definition) is 2. The zero-order chi connectivity index (χ0) is 21.9. The van der Waals surface area contributed by atoms with Crippen LogP contribution >= 0.6 is 11.6 Å². The zero-order valence-corrected chi connectivity index (χ0v) is 17.9. The summed E-state index contributed by atoms with van der Waals surface area (Å²) in [5.74, 6) is -1.47. The molecular formula is C23H27ClN2O4. The molecule has 0 radical (unpaired) electrons. The van der Waals surface area contributed by atoms with Gasteiger partial charge in [-0.25, -0.2) is 4.79 Å². The van der Waals surface area contributed by atoms with Gasteiger partial charge in [-0.2, -0.15) is 0 Å². The van der Waals surface area contributed by atoms with Crippen molar-refractivity contribution in [2.45, 2.75) is 32.7 Å². The van der Waals surface area contributed by atoms with E-state index in [1.807, 2.05) is 42.5 Å². The second-order valence-electron chi connectivity index (χ2n) is 7.29. The largest absolute Gasteiger partial charge is 0.454 e. The molecule has 0 spiro atoms. The summed E-state index contributed by atoms with van der Waals surface area (Å²) in [6.07, 6.45) is 0.809. The first-order valence-corrected chi connectivity index (χ1v) is 10.2. The van der Waals surface area contributed by atoms with Gasteiger partial charge in [-0.15, -0.1) is 0 Å². The molecule has 2 N–H and O–H groups in total. The van der Waals surface area contributed by atoms with Crippen LogP contribution in [-0.4, -0.2) is 37.0 Å². The first-order chi connectivity index (χ1) is 14.3. The van der Waals surface area contributed by atoms with E-state index in [9.17, 15) is 14.4 Å². The lowest BCUT2D eigenvalue weighted by molar-refractivity contribution is -0.152. The third-order valence-electron chi connectivity index (χ3n) is 4.44. The molecule has 2 amide bonds. The lowest BCUT2D eigenvalue weighted by Crippen LogP contribution is -2.46. The highest BCUT2D eigenvalue weighted by Crippen LogP contribution is 2.09. The maximum absolute atomic E-state index is 12.4. The van der Waals surface area contributed by atoms with E-state index in [0.717, 1.165) is 11.1 Å². The molecule has 7 heteroatoms. The van der Waals surface area contributed by atoms with Crippen molar-refractivity contribution in [1.82, 2.24) is 10.6 Å². The Kier molecular flexibility index (Phi) is 9.35. The second-order valence-corrected chi connectivity index (χ2v) is 7.72. The summed E-state index contributed by atoms with van der Waals surface area (Å²) in [4.78, 5) is 36.6. The van der Waals surface area contributed by atoms with E-state index < -0.39 is 24.5 Å². The van der Waals surface area contributed by atoms with Gasteiger partial charge < -0.3 is 15.4 Å². The third-order valence-corrected chi connectivity index (χ3v) is 4.69. The molecule has 1 unspecified atom stereocenters. The minimum absolute atomic E-state index is 0.169. The van der Waals surface area contributed by atoms with Gasteiger partial charge in [-0.3, -0.25) is 9.59 Å². The molecule has 30 heavy (non-hydrogen) atoms. The second kappa shape index (κ2) is 12.0. The predicted octanol–water partition coefficient (Wildman–Crippen LogP) is 2.93. The van der Waals surface area contributed by atoms with Gasteiger partial charge in [-0.05, 0) is 35.6 Å². The molecule has 0 aliphatic rings. The fraction of sp³-hybridized carbons (Fsp3) is 0.348. The summed E-state index contributed by atoms with van der Waals surface area (Å²) in [5, 5.41) is 6.07. The van der Waals surface area contributed by atoms with Crippen LogP contribution in [0, 0.1) is 5.92 Å². The molecule has 2 aromatic carbocycles. The zero-order valence-electron chi connectivity index (χ0n) is 17.2. The van der Waals surface area contributed by atoms with Crippen molar-refractivity contribution in [3.63, 3.8) is 0 Å². The normalized spacial score (nSPS) is 11.6. The lowest BCUT2D eigenvalue weighted by Gasteiger charge is -2.20. The van der Waals surface area contributed by atoms with E-state index in [-0.39, 0.29) is 18.2 Å². The quantitative estimate of drug-likeness (QED) is 0.567. The Labute approximate surface area is 182 Å². The molecule has 160 valence electrons. The molecule has 0 fully saturated rings. The minimum atomic E-state index is -0.817. The Bertz CT molecular complexity index is 838. The molecule has 0 bridgehead atoms. The number of hydrogen-bond acceptors (Lipinski definition) is 4. The number of nitrogens with one attached hydrogen (secondary N) is 2. The van der Waals surface area contributed by atoms with Crippen LogP contribution in [-0.2, 0) is 32.0 Å². The van der Waals surface area contributed by atoms with Crippen LogP contribution in [0.5, 0.6) is 0 Å². The van der Waals surface area contributed by atoms with Gasteiger partial charge in [0.15, 0.2) is 6.61 Å². The average Bonchev–Trinajstić information content (AvgIpc) is 2.72. The van der Waals surface area contributed by atoms with E-state index in [1.165, 1.54) is 0 Å². The maximum Gasteiger partial charge on any atom is 0.329 e.